The molecule has 1 aromatic rings. The van der Waals surface area contributed by atoms with E-state index < -0.39 is 7.12 Å². The minimum Gasteiger partial charge on any atom is -0.497 e. The first-order chi connectivity index (χ1) is 9.39. The van der Waals surface area contributed by atoms with Crippen molar-refractivity contribution in [2.45, 2.75) is 32.5 Å². The summed E-state index contributed by atoms with van der Waals surface area (Å²) in [5.41, 5.74) is 0.902. The van der Waals surface area contributed by atoms with Crippen LogP contribution in [-0.2, 0) is 16.1 Å². The maximum absolute atomic E-state index is 9.33. The van der Waals surface area contributed by atoms with E-state index in [1.807, 2.05) is 13.8 Å². The van der Waals surface area contributed by atoms with Gasteiger partial charge in [-0.05, 0) is 43.4 Å². The largest absolute Gasteiger partial charge is 0.497 e. The predicted molar refractivity (Wildman–Crippen MR) is 78.2 cm³/mol. The molecule has 0 unspecified atom stereocenters. The number of hydrogen-bond acceptors (Lipinski definition) is 5. The number of methoxy groups -OCH3 is 2. The van der Waals surface area contributed by atoms with Crippen LogP contribution in [0.25, 0.3) is 0 Å². The molecule has 0 fully saturated rings. The molecule has 20 heavy (non-hydrogen) atoms. The minimum atomic E-state index is -1.52. The zero-order valence-corrected chi connectivity index (χ0v) is 12.5. The molecule has 0 aliphatic heterocycles. The second kappa shape index (κ2) is 7.64. The topological polar surface area (TPSA) is 68.2 Å². The molecule has 0 spiro atoms. The summed E-state index contributed by atoms with van der Waals surface area (Å²) in [5, 5.41) is 18.7. The average molecular weight is 282 g/mol. The molecule has 0 heterocycles. The van der Waals surface area contributed by atoms with Crippen LogP contribution in [0.2, 0.25) is 0 Å². The van der Waals surface area contributed by atoms with Crippen molar-refractivity contribution in [1.82, 2.24) is 0 Å². The van der Waals surface area contributed by atoms with Crippen LogP contribution in [-0.4, -0.2) is 43.6 Å². The van der Waals surface area contributed by atoms with Gasteiger partial charge in [-0.15, -0.1) is 0 Å². The van der Waals surface area contributed by atoms with Gasteiger partial charge in [0.05, 0.1) is 19.3 Å². The molecule has 0 saturated carbocycles. The van der Waals surface area contributed by atoms with Gasteiger partial charge < -0.3 is 24.3 Å². The average Bonchev–Trinajstić information content (AvgIpc) is 2.43. The Hall–Kier alpha value is -1.08. The number of benzene rings is 1. The van der Waals surface area contributed by atoms with Crippen molar-refractivity contribution in [1.29, 1.82) is 0 Å². The highest BCUT2D eigenvalue weighted by Crippen LogP contribution is 2.15. The van der Waals surface area contributed by atoms with Crippen LogP contribution in [0.1, 0.15) is 25.8 Å². The van der Waals surface area contributed by atoms with Crippen molar-refractivity contribution in [2.24, 2.45) is 0 Å². The predicted octanol–water partition coefficient (Wildman–Crippen LogP) is 0.707. The molecule has 0 aromatic heterocycles. The quantitative estimate of drug-likeness (QED) is 0.543. The third-order valence-electron chi connectivity index (χ3n) is 3.29. The highest BCUT2D eigenvalue weighted by Gasteiger charge is 2.18. The lowest BCUT2D eigenvalue weighted by molar-refractivity contribution is -0.0124. The van der Waals surface area contributed by atoms with E-state index in [1.54, 1.807) is 32.4 Å². The molecule has 6 heteroatoms. The van der Waals surface area contributed by atoms with Gasteiger partial charge in [-0.25, -0.2) is 0 Å². The van der Waals surface area contributed by atoms with Crippen molar-refractivity contribution in [3.63, 3.8) is 0 Å². The molecule has 0 radical (unpaired) electrons. The molecule has 112 valence electrons. The van der Waals surface area contributed by atoms with Crippen LogP contribution in [0.5, 0.6) is 5.75 Å². The van der Waals surface area contributed by atoms with Crippen LogP contribution in [0, 0.1) is 0 Å². The molecular formula is C14H23BO5. The van der Waals surface area contributed by atoms with Crippen molar-refractivity contribution in [3.8, 4) is 5.75 Å². The lowest BCUT2D eigenvalue weighted by atomic mass is 9.77. The van der Waals surface area contributed by atoms with Gasteiger partial charge in [0.1, 0.15) is 5.75 Å². The molecular weight excluding hydrogens is 259 g/mol. The van der Waals surface area contributed by atoms with Gasteiger partial charge in [0, 0.05) is 13.7 Å². The van der Waals surface area contributed by atoms with Gasteiger partial charge in [0.15, 0.2) is 0 Å². The van der Waals surface area contributed by atoms with Crippen LogP contribution < -0.4 is 10.2 Å². The summed E-state index contributed by atoms with van der Waals surface area (Å²) in [6.07, 6.45) is 0.754. The Balaban J connectivity index is 2.62. The molecule has 0 amide bonds. The van der Waals surface area contributed by atoms with Crippen molar-refractivity contribution in [3.05, 3.63) is 23.8 Å². The summed E-state index contributed by atoms with van der Waals surface area (Å²) >= 11 is 0. The summed E-state index contributed by atoms with van der Waals surface area (Å²) in [6.45, 7) is 4.80. The Labute approximate surface area is 120 Å². The Morgan fingerprint density at radius 1 is 1.20 bits per heavy atom. The molecule has 0 aliphatic carbocycles. The fourth-order valence-electron chi connectivity index (χ4n) is 1.69. The third kappa shape index (κ3) is 5.13. The Bertz CT molecular complexity index is 420. The zero-order valence-electron chi connectivity index (χ0n) is 12.5. The molecule has 0 saturated heterocycles. The van der Waals surface area contributed by atoms with E-state index in [0.717, 1.165) is 6.42 Å². The number of rotatable bonds is 8. The fourth-order valence-corrected chi connectivity index (χ4v) is 1.69. The van der Waals surface area contributed by atoms with E-state index in [1.165, 1.54) is 0 Å². The van der Waals surface area contributed by atoms with Gasteiger partial charge in [0.2, 0.25) is 0 Å². The van der Waals surface area contributed by atoms with Gasteiger partial charge in [0.25, 0.3) is 0 Å². The van der Waals surface area contributed by atoms with Crippen LogP contribution in [0.4, 0.5) is 0 Å². The van der Waals surface area contributed by atoms with Gasteiger partial charge in [-0.2, -0.15) is 0 Å². The fraction of sp³-hybridized carbons (Fsp3) is 0.571. The first-order valence-electron chi connectivity index (χ1n) is 6.55. The monoisotopic (exact) mass is 282 g/mol. The molecule has 5 nitrogen and oxygen atoms in total. The summed E-state index contributed by atoms with van der Waals surface area (Å²) < 4.78 is 16.0. The molecule has 2 N–H and O–H groups in total. The van der Waals surface area contributed by atoms with Gasteiger partial charge >= 0.3 is 7.12 Å². The maximum Gasteiger partial charge on any atom is 0.488 e. The molecule has 1 rings (SSSR count). The molecule has 1 aromatic carbocycles. The van der Waals surface area contributed by atoms with Crippen LogP contribution >= 0.6 is 0 Å². The van der Waals surface area contributed by atoms with E-state index in [9.17, 15) is 10.0 Å². The van der Waals surface area contributed by atoms with Gasteiger partial charge in [-0.1, -0.05) is 6.07 Å². The van der Waals surface area contributed by atoms with E-state index >= 15 is 0 Å². The lowest BCUT2D eigenvalue weighted by Gasteiger charge is -2.22. The molecule has 0 bridgehead atoms. The van der Waals surface area contributed by atoms with E-state index in [2.05, 4.69) is 0 Å². The first-order valence-corrected chi connectivity index (χ1v) is 6.55. The van der Waals surface area contributed by atoms with E-state index in [4.69, 9.17) is 14.2 Å². The summed E-state index contributed by atoms with van der Waals surface area (Å²) in [4.78, 5) is 0. The SMILES string of the molecule is COc1ccc(B(O)O)c(COCCC(C)(C)OC)c1. The van der Waals surface area contributed by atoms with Crippen molar-refractivity contribution < 1.29 is 24.3 Å². The van der Waals surface area contributed by atoms with E-state index in [0.29, 0.717) is 30.0 Å². The summed E-state index contributed by atoms with van der Waals surface area (Å²) in [7, 11) is 1.72. The second-order valence-corrected chi connectivity index (χ2v) is 5.20. The Kier molecular flexibility index (Phi) is 6.49. The highest BCUT2D eigenvalue weighted by molar-refractivity contribution is 6.59. The maximum atomic E-state index is 9.33. The Morgan fingerprint density at radius 2 is 1.90 bits per heavy atom. The normalized spacial score (nSPS) is 11.5. The van der Waals surface area contributed by atoms with Crippen molar-refractivity contribution >= 4 is 12.6 Å². The summed E-state index contributed by atoms with van der Waals surface area (Å²) in [6, 6.07) is 5.06. The first kappa shape index (κ1) is 17.0. The summed E-state index contributed by atoms with van der Waals surface area (Å²) in [5.74, 6) is 0.658. The third-order valence-corrected chi connectivity index (χ3v) is 3.29. The second-order valence-electron chi connectivity index (χ2n) is 5.20. The van der Waals surface area contributed by atoms with Crippen LogP contribution in [0.3, 0.4) is 0 Å². The molecule has 0 aliphatic rings. The lowest BCUT2D eigenvalue weighted by Crippen LogP contribution is -2.33. The zero-order chi connectivity index (χ0) is 15.2. The number of ether oxygens (including phenoxy) is 3. The smallest absolute Gasteiger partial charge is 0.488 e. The van der Waals surface area contributed by atoms with E-state index in [-0.39, 0.29) is 5.60 Å². The van der Waals surface area contributed by atoms with Gasteiger partial charge in [-0.3, -0.25) is 0 Å². The molecule has 0 atom stereocenters. The van der Waals surface area contributed by atoms with Crippen molar-refractivity contribution in [2.75, 3.05) is 20.8 Å². The number of hydrogen-bond donors (Lipinski definition) is 2. The standard InChI is InChI=1S/C14H23BO5/c1-14(2,19-4)7-8-20-10-11-9-12(18-3)5-6-13(11)15(16)17/h5-6,9,16-17H,7-8,10H2,1-4H3. The minimum absolute atomic E-state index is 0.228. The Morgan fingerprint density at radius 3 is 2.45 bits per heavy atom. The highest BCUT2D eigenvalue weighted by atomic mass is 16.5. The van der Waals surface area contributed by atoms with Crippen LogP contribution in [0.15, 0.2) is 18.2 Å².